The molecule has 0 spiro atoms. The third-order valence-electron chi connectivity index (χ3n) is 5.11. The van der Waals surface area contributed by atoms with Crippen molar-refractivity contribution >= 4 is 34.2 Å². The minimum atomic E-state index is -3.63. The van der Waals surface area contributed by atoms with Crippen molar-refractivity contribution in [3.05, 3.63) is 29.8 Å². The Balaban J connectivity index is 0.00000280. The maximum Gasteiger partial charge on any atom is 0.251 e. The highest BCUT2D eigenvalue weighted by Gasteiger charge is 2.29. The average Bonchev–Trinajstić information content (AvgIpc) is 2.69. The Morgan fingerprint density at radius 1 is 1.04 bits per heavy atom. The highest BCUT2D eigenvalue weighted by atomic mass is 35.5. The van der Waals surface area contributed by atoms with E-state index in [1.54, 1.807) is 17.0 Å². The van der Waals surface area contributed by atoms with Crippen LogP contribution in [0.1, 0.15) is 30.1 Å². The van der Waals surface area contributed by atoms with Crippen LogP contribution in [0.4, 0.5) is 0 Å². The van der Waals surface area contributed by atoms with Gasteiger partial charge in [-0.25, -0.2) is 8.42 Å². The van der Waals surface area contributed by atoms with E-state index in [9.17, 15) is 18.0 Å². The normalized spacial score (nSPS) is 19.0. The zero-order chi connectivity index (χ0) is 19.4. The average molecular weight is 431 g/mol. The molecule has 156 valence electrons. The van der Waals surface area contributed by atoms with Crippen molar-refractivity contribution in [3.8, 4) is 0 Å². The second-order valence-corrected chi connectivity index (χ2v) is 8.87. The zero-order valence-electron chi connectivity index (χ0n) is 15.9. The van der Waals surface area contributed by atoms with Crippen molar-refractivity contribution in [2.24, 2.45) is 0 Å². The molecule has 2 heterocycles. The van der Waals surface area contributed by atoms with E-state index in [0.29, 0.717) is 18.7 Å². The molecule has 0 aromatic heterocycles. The zero-order valence-corrected chi connectivity index (χ0v) is 17.5. The van der Waals surface area contributed by atoms with E-state index < -0.39 is 10.0 Å². The molecule has 0 unspecified atom stereocenters. The summed E-state index contributed by atoms with van der Waals surface area (Å²) in [4.78, 5) is 25.5. The number of piperidine rings is 1. The molecule has 0 atom stereocenters. The van der Waals surface area contributed by atoms with Crippen LogP contribution < -0.4 is 10.6 Å². The molecule has 2 fully saturated rings. The summed E-state index contributed by atoms with van der Waals surface area (Å²) in [7, 11) is -3.63. The van der Waals surface area contributed by atoms with Gasteiger partial charge in [-0.05, 0) is 50.2 Å². The number of rotatable bonds is 4. The van der Waals surface area contributed by atoms with Gasteiger partial charge in [-0.2, -0.15) is 4.31 Å². The van der Waals surface area contributed by atoms with Gasteiger partial charge in [-0.3, -0.25) is 9.59 Å². The van der Waals surface area contributed by atoms with Crippen LogP contribution >= 0.6 is 12.4 Å². The monoisotopic (exact) mass is 430 g/mol. The summed E-state index contributed by atoms with van der Waals surface area (Å²) in [5, 5.41) is 6.24. The molecule has 8 nitrogen and oxygen atoms in total. The van der Waals surface area contributed by atoms with Crippen LogP contribution in [0.2, 0.25) is 0 Å². The summed E-state index contributed by atoms with van der Waals surface area (Å²) in [5.74, 6) is -0.225. The molecule has 2 N–H and O–H groups in total. The number of carbonyl (C=O) groups is 2. The molecule has 0 saturated carbocycles. The number of benzene rings is 1. The molecule has 2 saturated heterocycles. The molecule has 0 radical (unpaired) electrons. The van der Waals surface area contributed by atoms with Gasteiger partial charge >= 0.3 is 0 Å². The van der Waals surface area contributed by atoms with Crippen molar-refractivity contribution in [2.45, 2.75) is 30.7 Å². The first kappa shape index (κ1) is 22.6. The second kappa shape index (κ2) is 9.69. The molecule has 1 aromatic carbocycles. The van der Waals surface area contributed by atoms with Crippen LogP contribution in [0.5, 0.6) is 0 Å². The van der Waals surface area contributed by atoms with Crippen LogP contribution in [-0.2, 0) is 14.8 Å². The van der Waals surface area contributed by atoms with Gasteiger partial charge in [0.25, 0.3) is 5.91 Å². The van der Waals surface area contributed by atoms with Gasteiger partial charge in [-0.1, -0.05) is 0 Å². The van der Waals surface area contributed by atoms with Gasteiger partial charge in [0.2, 0.25) is 15.9 Å². The Hall–Kier alpha value is -1.68. The first-order valence-electron chi connectivity index (χ1n) is 9.25. The lowest BCUT2D eigenvalue weighted by Gasteiger charge is -2.33. The topological polar surface area (TPSA) is 98.8 Å². The molecule has 0 aliphatic carbocycles. The fourth-order valence-corrected chi connectivity index (χ4v) is 4.83. The summed E-state index contributed by atoms with van der Waals surface area (Å²) >= 11 is 0. The van der Waals surface area contributed by atoms with E-state index in [1.807, 2.05) is 0 Å². The van der Waals surface area contributed by atoms with Gasteiger partial charge in [-0.15, -0.1) is 12.4 Å². The summed E-state index contributed by atoms with van der Waals surface area (Å²) in [5.41, 5.74) is 0.453. The minimum absolute atomic E-state index is 0. The van der Waals surface area contributed by atoms with Crippen LogP contribution in [0.3, 0.4) is 0 Å². The van der Waals surface area contributed by atoms with Gasteiger partial charge < -0.3 is 15.5 Å². The number of nitrogens with zero attached hydrogens (tertiary/aromatic N) is 2. The molecule has 0 bridgehead atoms. The number of sulfonamides is 1. The minimum Gasteiger partial charge on any atom is -0.349 e. The van der Waals surface area contributed by atoms with E-state index in [-0.39, 0.29) is 48.2 Å². The Bertz CT molecular complexity index is 786. The standard InChI is InChI=1S/C18H26N4O4S.ClH/c1-14(23)21-10-12-22(13-11-21)27(25,26)17-4-2-15(3-5-17)18(24)20-16-6-8-19-9-7-16;/h2-5,16,19H,6-13H2,1H3,(H,20,24);1H. The Morgan fingerprint density at radius 2 is 1.61 bits per heavy atom. The third-order valence-corrected chi connectivity index (χ3v) is 7.03. The highest BCUT2D eigenvalue weighted by molar-refractivity contribution is 7.89. The Labute approximate surface area is 172 Å². The Morgan fingerprint density at radius 3 is 2.14 bits per heavy atom. The maximum absolute atomic E-state index is 12.8. The fourth-order valence-electron chi connectivity index (χ4n) is 3.41. The number of hydrogen-bond acceptors (Lipinski definition) is 5. The van der Waals surface area contributed by atoms with Crippen LogP contribution in [0.15, 0.2) is 29.2 Å². The third kappa shape index (κ3) is 5.22. The smallest absolute Gasteiger partial charge is 0.251 e. The second-order valence-electron chi connectivity index (χ2n) is 6.93. The number of piperazine rings is 1. The lowest BCUT2D eigenvalue weighted by atomic mass is 10.1. The summed E-state index contributed by atoms with van der Waals surface area (Å²) in [6.45, 7) is 4.60. The molecule has 10 heteroatoms. The Kier molecular flexibility index (Phi) is 7.82. The first-order chi connectivity index (χ1) is 12.9. The molecule has 3 rings (SSSR count). The number of amides is 2. The van der Waals surface area contributed by atoms with Gasteiger partial charge in [0.1, 0.15) is 0 Å². The largest absolute Gasteiger partial charge is 0.349 e. The quantitative estimate of drug-likeness (QED) is 0.722. The van der Waals surface area contributed by atoms with Crippen molar-refractivity contribution in [3.63, 3.8) is 0 Å². The summed E-state index contributed by atoms with van der Waals surface area (Å²) in [6, 6.07) is 6.21. The number of carbonyl (C=O) groups excluding carboxylic acids is 2. The van der Waals surface area contributed by atoms with E-state index in [1.165, 1.54) is 23.4 Å². The molecule has 1 aromatic rings. The van der Waals surface area contributed by atoms with Crippen molar-refractivity contribution in [1.82, 2.24) is 19.8 Å². The van der Waals surface area contributed by atoms with E-state index in [2.05, 4.69) is 10.6 Å². The number of halogens is 1. The lowest BCUT2D eigenvalue weighted by molar-refractivity contribution is -0.129. The maximum atomic E-state index is 12.8. The van der Waals surface area contributed by atoms with Crippen molar-refractivity contribution in [1.29, 1.82) is 0 Å². The van der Waals surface area contributed by atoms with Crippen LogP contribution in [0.25, 0.3) is 0 Å². The molecular weight excluding hydrogens is 404 g/mol. The summed E-state index contributed by atoms with van der Waals surface area (Å²) in [6.07, 6.45) is 1.79. The fraction of sp³-hybridized carbons (Fsp3) is 0.556. The van der Waals surface area contributed by atoms with Crippen LogP contribution in [0, 0.1) is 0 Å². The van der Waals surface area contributed by atoms with Gasteiger partial charge in [0, 0.05) is 44.7 Å². The van der Waals surface area contributed by atoms with E-state index in [0.717, 1.165) is 25.9 Å². The predicted octanol–water partition coefficient (Wildman–Crippen LogP) is 0.443. The van der Waals surface area contributed by atoms with Crippen molar-refractivity contribution < 1.29 is 18.0 Å². The lowest BCUT2D eigenvalue weighted by Crippen LogP contribution is -2.49. The predicted molar refractivity (Wildman–Crippen MR) is 108 cm³/mol. The van der Waals surface area contributed by atoms with Gasteiger partial charge in [0.15, 0.2) is 0 Å². The number of nitrogens with one attached hydrogen (secondary N) is 2. The van der Waals surface area contributed by atoms with Crippen LogP contribution in [-0.4, -0.2) is 74.7 Å². The molecule has 28 heavy (non-hydrogen) atoms. The molecule has 2 aliphatic heterocycles. The molecule has 2 amide bonds. The molecule has 2 aliphatic rings. The number of hydrogen-bond donors (Lipinski definition) is 2. The van der Waals surface area contributed by atoms with E-state index in [4.69, 9.17) is 0 Å². The van der Waals surface area contributed by atoms with Crippen molar-refractivity contribution in [2.75, 3.05) is 39.3 Å². The van der Waals surface area contributed by atoms with E-state index >= 15 is 0 Å². The summed E-state index contributed by atoms with van der Waals surface area (Å²) < 4.78 is 26.9. The SMILES string of the molecule is CC(=O)N1CCN(S(=O)(=O)c2ccc(C(=O)NC3CCNCC3)cc2)CC1.Cl. The molecular formula is C18H27ClN4O4S. The first-order valence-corrected chi connectivity index (χ1v) is 10.7. The van der Waals surface area contributed by atoms with Gasteiger partial charge in [0.05, 0.1) is 4.90 Å². The highest BCUT2D eigenvalue weighted by Crippen LogP contribution is 2.18.